The number of carbonyl (C=O) groups is 1. The second kappa shape index (κ2) is 6.50. The molecule has 0 aromatic carbocycles. The Morgan fingerprint density at radius 3 is 2.54 bits per heavy atom. The molecule has 5 aliphatic carbocycles. The number of fused-ring (bicyclic) bond motifs is 1. The van der Waals surface area contributed by atoms with Crippen LogP contribution in [0.3, 0.4) is 0 Å². The van der Waals surface area contributed by atoms with E-state index in [1.54, 1.807) is 0 Å². The quantitative estimate of drug-likeness (QED) is 0.781. The average Bonchev–Trinajstić information content (AvgIpc) is 3.09. The number of nitrogens with one attached hydrogen (secondary N) is 1. The molecule has 0 aromatic heterocycles. The predicted octanol–water partition coefficient (Wildman–Crippen LogP) is 2.67. The summed E-state index contributed by atoms with van der Waals surface area (Å²) in [5.41, 5.74) is -0.315. The predicted molar refractivity (Wildman–Crippen MR) is 106 cm³/mol. The molecule has 28 heavy (non-hydrogen) atoms. The lowest BCUT2D eigenvalue weighted by Crippen LogP contribution is -2.70. The van der Waals surface area contributed by atoms with Crippen LogP contribution >= 0.6 is 0 Å². The lowest BCUT2D eigenvalue weighted by molar-refractivity contribution is -0.186. The smallest absolute Gasteiger partial charge is 0.141 e. The summed E-state index contributed by atoms with van der Waals surface area (Å²) in [5.74, 6) is 2.65. The van der Waals surface area contributed by atoms with E-state index in [1.807, 2.05) is 21.3 Å². The van der Waals surface area contributed by atoms with Crippen LogP contribution in [-0.4, -0.2) is 58.0 Å². The van der Waals surface area contributed by atoms with Crippen LogP contribution in [0.25, 0.3) is 0 Å². The van der Waals surface area contributed by atoms with Gasteiger partial charge in [0.1, 0.15) is 5.78 Å². The topological polar surface area (TPSA) is 56.8 Å². The van der Waals surface area contributed by atoms with Gasteiger partial charge in [0.15, 0.2) is 0 Å². The first-order chi connectivity index (χ1) is 13.5. The van der Waals surface area contributed by atoms with Crippen molar-refractivity contribution in [1.29, 1.82) is 0 Å². The first-order valence-corrected chi connectivity index (χ1v) is 11.4. The lowest BCUT2D eigenvalue weighted by Gasteiger charge is -2.61. The maximum absolute atomic E-state index is 14.0. The molecular weight excluding hydrogens is 354 g/mol. The minimum atomic E-state index is -0.362. The molecule has 5 aliphatic rings. The number of methoxy groups -OCH3 is 3. The SMILES string of the molecule is CCN[C@@H]1[C@]23C[C@H](OC)[C@H]4C[C@H]([C@@H]2[C@H]4OC)[C@@]12[C@@H](OC)CC[C@H](C)[C@H]2CC3=O. The Balaban J connectivity index is 1.75. The number of hydrogen-bond donors (Lipinski definition) is 1. The highest BCUT2D eigenvalue weighted by atomic mass is 16.5. The molecule has 0 unspecified atom stereocenters. The summed E-state index contributed by atoms with van der Waals surface area (Å²) in [6, 6.07) is 0.176. The molecule has 1 N–H and O–H groups in total. The van der Waals surface area contributed by atoms with E-state index >= 15 is 0 Å². The first-order valence-electron chi connectivity index (χ1n) is 11.4. The highest BCUT2D eigenvalue weighted by Crippen LogP contribution is 2.77. The molecule has 0 heterocycles. The van der Waals surface area contributed by atoms with Crippen LogP contribution in [-0.2, 0) is 19.0 Å². The van der Waals surface area contributed by atoms with Gasteiger partial charge in [0, 0.05) is 51.0 Å². The third kappa shape index (κ3) is 1.96. The summed E-state index contributed by atoms with van der Waals surface area (Å²) < 4.78 is 18.4. The van der Waals surface area contributed by atoms with Gasteiger partial charge < -0.3 is 19.5 Å². The Labute approximate surface area is 169 Å². The fraction of sp³-hybridized carbons (Fsp3) is 0.957. The normalized spacial score (nSPS) is 56.8. The summed E-state index contributed by atoms with van der Waals surface area (Å²) in [6.45, 7) is 5.44. The minimum Gasteiger partial charge on any atom is -0.381 e. The zero-order valence-corrected chi connectivity index (χ0v) is 18.1. The lowest BCUT2D eigenvalue weighted by atomic mass is 9.46. The Hall–Kier alpha value is -0.490. The monoisotopic (exact) mass is 391 g/mol. The van der Waals surface area contributed by atoms with Crippen molar-refractivity contribution in [2.45, 2.75) is 70.3 Å². The fourth-order valence-electron chi connectivity index (χ4n) is 9.39. The van der Waals surface area contributed by atoms with Crippen LogP contribution in [0, 0.1) is 40.4 Å². The molecule has 0 radical (unpaired) electrons. The molecule has 5 fully saturated rings. The Kier molecular flexibility index (Phi) is 4.52. The van der Waals surface area contributed by atoms with Gasteiger partial charge in [-0.3, -0.25) is 4.79 Å². The highest BCUT2D eigenvalue weighted by Gasteiger charge is 2.83. The number of rotatable bonds is 5. The highest BCUT2D eigenvalue weighted by molar-refractivity contribution is 5.89. The fourth-order valence-corrected chi connectivity index (χ4v) is 9.39. The molecule has 158 valence electrons. The van der Waals surface area contributed by atoms with Gasteiger partial charge >= 0.3 is 0 Å². The van der Waals surface area contributed by atoms with Crippen LogP contribution in [0.2, 0.25) is 0 Å². The molecule has 2 spiro atoms. The first kappa shape index (κ1) is 19.5. The van der Waals surface area contributed by atoms with E-state index in [0.717, 1.165) is 25.8 Å². The number of ketones is 1. The van der Waals surface area contributed by atoms with Gasteiger partial charge in [0.05, 0.1) is 23.7 Å². The van der Waals surface area contributed by atoms with E-state index in [9.17, 15) is 4.79 Å². The molecule has 0 aliphatic heterocycles. The standard InChI is InChI=1S/C23H37NO4/c1-6-24-21-22-11-16(26-3)13-9-15(19(22)20(13)28-5)23(21)14(10-17(22)25)12(2)7-8-18(23)27-4/h12-16,18-21,24H,6-11H2,1-5H3/t12-,13+,14+,15+,16-,18-,19+,20-,21+,22-,23-/m0/s1. The molecule has 5 rings (SSSR count). The van der Waals surface area contributed by atoms with Crippen molar-refractivity contribution >= 4 is 5.78 Å². The molecule has 0 aromatic rings. The molecule has 11 atom stereocenters. The van der Waals surface area contributed by atoms with Gasteiger partial charge in [-0.25, -0.2) is 0 Å². The van der Waals surface area contributed by atoms with Gasteiger partial charge in [-0.1, -0.05) is 13.8 Å². The zero-order chi connectivity index (χ0) is 19.8. The van der Waals surface area contributed by atoms with Crippen LogP contribution in [0.4, 0.5) is 0 Å². The van der Waals surface area contributed by atoms with Gasteiger partial charge in [0.25, 0.3) is 0 Å². The van der Waals surface area contributed by atoms with E-state index < -0.39 is 0 Å². The zero-order valence-electron chi connectivity index (χ0n) is 18.1. The van der Waals surface area contributed by atoms with E-state index in [2.05, 4.69) is 19.2 Å². The van der Waals surface area contributed by atoms with Crippen molar-refractivity contribution in [3.05, 3.63) is 0 Å². The second-order valence-corrected chi connectivity index (χ2v) is 10.3. The molecule has 5 heteroatoms. The van der Waals surface area contributed by atoms with Gasteiger partial charge in [-0.15, -0.1) is 0 Å². The summed E-state index contributed by atoms with van der Waals surface area (Å²) in [5, 5.41) is 3.87. The van der Waals surface area contributed by atoms with Crippen molar-refractivity contribution in [3.63, 3.8) is 0 Å². The Bertz CT molecular complexity index is 655. The Morgan fingerprint density at radius 2 is 1.89 bits per heavy atom. The maximum atomic E-state index is 14.0. The van der Waals surface area contributed by atoms with Crippen LogP contribution in [0.1, 0.15) is 46.0 Å². The Morgan fingerprint density at radius 1 is 1.11 bits per heavy atom. The third-order valence-corrected chi connectivity index (χ3v) is 9.97. The summed E-state index contributed by atoms with van der Waals surface area (Å²) in [4.78, 5) is 14.0. The summed E-state index contributed by atoms with van der Waals surface area (Å²) in [7, 11) is 5.55. The van der Waals surface area contributed by atoms with Gasteiger partial charge in [0.2, 0.25) is 0 Å². The third-order valence-electron chi connectivity index (χ3n) is 9.97. The van der Waals surface area contributed by atoms with E-state index in [-0.39, 0.29) is 35.2 Å². The summed E-state index contributed by atoms with van der Waals surface area (Å²) in [6.07, 6.45) is 5.43. The van der Waals surface area contributed by atoms with Crippen molar-refractivity contribution in [2.24, 2.45) is 40.4 Å². The van der Waals surface area contributed by atoms with Crippen LogP contribution in [0.15, 0.2) is 0 Å². The number of ether oxygens (including phenoxy) is 3. The largest absolute Gasteiger partial charge is 0.381 e. The average molecular weight is 392 g/mol. The van der Waals surface area contributed by atoms with Crippen molar-refractivity contribution in [3.8, 4) is 0 Å². The van der Waals surface area contributed by atoms with E-state index in [0.29, 0.717) is 41.8 Å². The molecule has 0 amide bonds. The molecule has 4 bridgehead atoms. The minimum absolute atomic E-state index is 0.0469. The van der Waals surface area contributed by atoms with Crippen molar-refractivity contribution in [2.75, 3.05) is 27.9 Å². The van der Waals surface area contributed by atoms with Crippen molar-refractivity contribution in [1.82, 2.24) is 5.32 Å². The van der Waals surface area contributed by atoms with Crippen LogP contribution < -0.4 is 5.32 Å². The number of carbonyl (C=O) groups excluding carboxylic acids is 1. The number of hydrogen-bond acceptors (Lipinski definition) is 5. The molecule has 5 nitrogen and oxygen atoms in total. The summed E-state index contributed by atoms with van der Waals surface area (Å²) >= 11 is 0. The molecular formula is C23H37NO4. The molecule has 5 saturated carbocycles. The number of Topliss-reactive ketones (excluding diaryl/α,β-unsaturated/α-hetero) is 1. The van der Waals surface area contributed by atoms with E-state index in [4.69, 9.17) is 14.2 Å². The van der Waals surface area contributed by atoms with Gasteiger partial charge in [-0.2, -0.15) is 0 Å². The maximum Gasteiger partial charge on any atom is 0.141 e. The van der Waals surface area contributed by atoms with Crippen LogP contribution in [0.5, 0.6) is 0 Å². The van der Waals surface area contributed by atoms with Gasteiger partial charge in [-0.05, 0) is 50.0 Å². The van der Waals surface area contributed by atoms with Crippen molar-refractivity contribution < 1.29 is 19.0 Å². The second-order valence-electron chi connectivity index (χ2n) is 10.3. The molecule has 0 saturated heterocycles. The van der Waals surface area contributed by atoms with E-state index in [1.165, 1.54) is 6.42 Å².